The van der Waals surface area contributed by atoms with Crippen molar-refractivity contribution in [1.29, 1.82) is 0 Å². The summed E-state index contributed by atoms with van der Waals surface area (Å²) in [7, 11) is 0. The third kappa shape index (κ3) is 4.24. The number of nitrogens with zero attached hydrogens (tertiary/aromatic N) is 2. The van der Waals surface area contributed by atoms with Gasteiger partial charge in [0.1, 0.15) is 5.52 Å². The summed E-state index contributed by atoms with van der Waals surface area (Å²) in [5.74, 6) is 0.628. The van der Waals surface area contributed by atoms with E-state index in [0.717, 1.165) is 33.7 Å². The number of rotatable bonds is 5. The smallest absolute Gasteiger partial charge is 0.227 e. The topological polar surface area (TPSA) is 29.3 Å². The van der Waals surface area contributed by atoms with Crippen LogP contribution < -0.4 is 4.90 Å². The lowest BCUT2D eigenvalue weighted by Gasteiger charge is -2.28. The summed E-state index contributed by atoms with van der Waals surface area (Å²) in [6, 6.07) is 51.4. The van der Waals surface area contributed by atoms with E-state index >= 15 is 0 Å². The summed E-state index contributed by atoms with van der Waals surface area (Å²) in [5.41, 5.74) is 13.6. The van der Waals surface area contributed by atoms with Gasteiger partial charge in [-0.2, -0.15) is 0 Å². The first-order chi connectivity index (χ1) is 21.1. The van der Waals surface area contributed by atoms with Crippen molar-refractivity contribution < 1.29 is 4.42 Å². The molecule has 206 valence electrons. The average molecular weight is 555 g/mol. The minimum Gasteiger partial charge on any atom is -0.436 e. The molecular weight excluding hydrogens is 524 g/mol. The van der Waals surface area contributed by atoms with Gasteiger partial charge in [-0.15, -0.1) is 0 Å². The highest BCUT2D eigenvalue weighted by atomic mass is 16.3. The molecule has 0 aliphatic heterocycles. The lowest BCUT2D eigenvalue weighted by atomic mass is 9.82. The Morgan fingerprint density at radius 2 is 1.09 bits per heavy atom. The van der Waals surface area contributed by atoms with Gasteiger partial charge in [0.05, 0.1) is 0 Å². The summed E-state index contributed by atoms with van der Waals surface area (Å²) < 4.78 is 6.06. The monoisotopic (exact) mass is 554 g/mol. The number of hydrogen-bond acceptors (Lipinski definition) is 3. The highest BCUT2D eigenvalue weighted by Gasteiger charge is 2.35. The van der Waals surface area contributed by atoms with Crippen molar-refractivity contribution in [3.05, 3.63) is 157 Å². The highest BCUT2D eigenvalue weighted by Crippen LogP contribution is 2.50. The molecule has 0 atom stereocenters. The van der Waals surface area contributed by atoms with Crippen LogP contribution in [-0.2, 0) is 5.41 Å². The molecule has 3 nitrogen and oxygen atoms in total. The van der Waals surface area contributed by atoms with Crippen molar-refractivity contribution >= 4 is 28.2 Å². The molecule has 0 saturated carbocycles. The molecule has 1 heterocycles. The molecule has 7 aromatic rings. The molecule has 0 unspecified atom stereocenters. The predicted octanol–water partition coefficient (Wildman–Crippen LogP) is 10.9. The van der Waals surface area contributed by atoms with Crippen LogP contribution in [-0.4, -0.2) is 4.98 Å². The first-order valence-corrected chi connectivity index (χ1v) is 14.7. The Hall–Kier alpha value is -5.41. The van der Waals surface area contributed by atoms with Gasteiger partial charge in [0.2, 0.25) is 5.89 Å². The van der Waals surface area contributed by atoms with Crippen molar-refractivity contribution in [2.24, 2.45) is 0 Å². The molecule has 6 aromatic carbocycles. The van der Waals surface area contributed by atoms with Gasteiger partial charge in [-0.3, -0.25) is 0 Å². The van der Waals surface area contributed by atoms with E-state index in [9.17, 15) is 0 Å². The van der Waals surface area contributed by atoms with E-state index in [-0.39, 0.29) is 5.41 Å². The number of anilines is 3. The van der Waals surface area contributed by atoms with E-state index in [2.05, 4.69) is 140 Å². The standard InChI is InChI=1S/C40H30N2O/c1-40(2)35-13-7-6-12-33(35)34-25-24-32(26-36(34)40)42(30-20-16-28(17-21-30)27-10-4-3-5-11-27)31-22-18-29(19-23-31)39-41-37-14-8-9-15-38(37)43-39/h3-26H,1-2H3. The van der Waals surface area contributed by atoms with E-state index in [1.807, 2.05) is 24.3 Å². The van der Waals surface area contributed by atoms with E-state index in [1.165, 1.54) is 33.4 Å². The van der Waals surface area contributed by atoms with Gasteiger partial charge in [0.15, 0.2) is 5.58 Å². The van der Waals surface area contributed by atoms with Gasteiger partial charge in [-0.05, 0) is 94.0 Å². The van der Waals surface area contributed by atoms with E-state index in [4.69, 9.17) is 9.40 Å². The zero-order valence-electron chi connectivity index (χ0n) is 24.2. The molecule has 1 aliphatic carbocycles. The van der Waals surface area contributed by atoms with Crippen molar-refractivity contribution in [2.45, 2.75) is 19.3 Å². The molecule has 8 rings (SSSR count). The molecule has 0 saturated heterocycles. The quantitative estimate of drug-likeness (QED) is 0.212. The third-order valence-corrected chi connectivity index (χ3v) is 8.72. The summed E-state index contributed by atoms with van der Waals surface area (Å²) in [6.45, 7) is 4.66. The molecule has 0 radical (unpaired) electrons. The van der Waals surface area contributed by atoms with E-state index < -0.39 is 0 Å². The SMILES string of the molecule is CC1(C)c2ccccc2-c2ccc(N(c3ccc(-c4ccccc4)cc3)c3ccc(-c4nc5ccccc5o4)cc3)cc21. The second kappa shape index (κ2) is 9.85. The number of oxazole rings is 1. The maximum absolute atomic E-state index is 6.06. The summed E-state index contributed by atoms with van der Waals surface area (Å²) >= 11 is 0. The first-order valence-electron chi connectivity index (χ1n) is 14.7. The first kappa shape index (κ1) is 25.3. The zero-order chi connectivity index (χ0) is 29.0. The van der Waals surface area contributed by atoms with E-state index in [0.29, 0.717) is 5.89 Å². The minimum atomic E-state index is -0.0818. The number of aromatic nitrogens is 1. The highest BCUT2D eigenvalue weighted by molar-refractivity contribution is 5.86. The van der Waals surface area contributed by atoms with Crippen molar-refractivity contribution in [1.82, 2.24) is 4.98 Å². The van der Waals surface area contributed by atoms with Gasteiger partial charge in [-0.1, -0.05) is 98.8 Å². The van der Waals surface area contributed by atoms with Gasteiger partial charge >= 0.3 is 0 Å². The van der Waals surface area contributed by atoms with Crippen LogP contribution >= 0.6 is 0 Å². The Bertz CT molecular complexity index is 2060. The summed E-state index contributed by atoms with van der Waals surface area (Å²) in [4.78, 5) is 7.04. The van der Waals surface area contributed by atoms with Crippen LogP contribution in [0, 0.1) is 0 Å². The molecular formula is C40H30N2O. The Morgan fingerprint density at radius 3 is 1.84 bits per heavy atom. The molecule has 0 spiro atoms. The maximum atomic E-state index is 6.06. The average Bonchev–Trinajstić information content (AvgIpc) is 3.59. The fraction of sp³-hybridized carbons (Fsp3) is 0.0750. The van der Waals surface area contributed by atoms with E-state index in [1.54, 1.807) is 0 Å². The van der Waals surface area contributed by atoms with Crippen LogP contribution in [0.1, 0.15) is 25.0 Å². The minimum absolute atomic E-state index is 0.0818. The molecule has 0 amide bonds. The van der Waals surface area contributed by atoms with Crippen molar-refractivity contribution in [2.75, 3.05) is 4.90 Å². The van der Waals surface area contributed by atoms with Crippen molar-refractivity contribution in [3.8, 4) is 33.7 Å². The van der Waals surface area contributed by atoms with Crippen LogP contribution in [0.2, 0.25) is 0 Å². The number of para-hydroxylation sites is 2. The second-order valence-corrected chi connectivity index (χ2v) is 11.7. The van der Waals surface area contributed by atoms with Crippen LogP contribution in [0.3, 0.4) is 0 Å². The van der Waals surface area contributed by atoms with Crippen LogP contribution in [0.5, 0.6) is 0 Å². The molecule has 3 heteroatoms. The Balaban J connectivity index is 1.23. The normalized spacial score (nSPS) is 13.1. The molecule has 1 aliphatic rings. The van der Waals surface area contributed by atoms with Crippen LogP contribution in [0.25, 0.3) is 44.8 Å². The third-order valence-electron chi connectivity index (χ3n) is 8.72. The number of benzene rings is 6. The van der Waals surface area contributed by atoms with Gasteiger partial charge < -0.3 is 9.32 Å². The van der Waals surface area contributed by atoms with Gasteiger partial charge in [-0.25, -0.2) is 4.98 Å². The fourth-order valence-corrected chi connectivity index (χ4v) is 6.46. The Kier molecular flexibility index (Phi) is 5.80. The lowest BCUT2D eigenvalue weighted by Crippen LogP contribution is -2.16. The lowest BCUT2D eigenvalue weighted by molar-refractivity contribution is 0.620. The predicted molar refractivity (Wildman–Crippen MR) is 177 cm³/mol. The molecule has 43 heavy (non-hydrogen) atoms. The summed E-state index contributed by atoms with van der Waals surface area (Å²) in [5, 5.41) is 0. The van der Waals surface area contributed by atoms with Crippen LogP contribution in [0.4, 0.5) is 17.1 Å². The number of hydrogen-bond donors (Lipinski definition) is 0. The zero-order valence-corrected chi connectivity index (χ0v) is 24.2. The Morgan fingerprint density at radius 1 is 0.512 bits per heavy atom. The van der Waals surface area contributed by atoms with Gasteiger partial charge in [0.25, 0.3) is 0 Å². The maximum Gasteiger partial charge on any atom is 0.227 e. The largest absolute Gasteiger partial charge is 0.436 e. The second-order valence-electron chi connectivity index (χ2n) is 11.7. The molecule has 1 aromatic heterocycles. The Labute approximate surface area is 251 Å². The van der Waals surface area contributed by atoms with Crippen LogP contribution in [0.15, 0.2) is 150 Å². The molecule has 0 fully saturated rings. The van der Waals surface area contributed by atoms with Crippen molar-refractivity contribution in [3.63, 3.8) is 0 Å². The molecule has 0 N–H and O–H groups in total. The number of fused-ring (bicyclic) bond motifs is 4. The van der Waals surface area contributed by atoms with Gasteiger partial charge in [0, 0.05) is 28.0 Å². The molecule has 0 bridgehead atoms. The summed E-state index contributed by atoms with van der Waals surface area (Å²) in [6.07, 6.45) is 0. The fourth-order valence-electron chi connectivity index (χ4n) is 6.46.